The van der Waals surface area contributed by atoms with Crippen molar-refractivity contribution in [2.45, 2.75) is 19.1 Å². The van der Waals surface area contributed by atoms with E-state index in [1.165, 1.54) is 0 Å². The molecule has 2 aromatic rings. The minimum absolute atomic E-state index is 0.0312. The lowest BCUT2D eigenvalue weighted by Gasteiger charge is -2.14. The van der Waals surface area contributed by atoms with Crippen molar-refractivity contribution in [1.82, 2.24) is 5.32 Å². The largest absolute Gasteiger partial charge is 0.480 e. The van der Waals surface area contributed by atoms with Crippen molar-refractivity contribution >= 4 is 41.0 Å². The molecular weight excluding hydrogens is 405 g/mol. The molecule has 1 atom stereocenters. The number of carboxylic acids is 1. The number of alkyl carbamates (subject to hydrolysis) is 1. The van der Waals surface area contributed by atoms with Gasteiger partial charge in [0, 0.05) is 6.42 Å². The molecule has 2 N–H and O–H groups in total. The fourth-order valence-electron chi connectivity index (χ4n) is 1.99. The van der Waals surface area contributed by atoms with Crippen LogP contribution >= 0.6 is 23.2 Å². The third-order valence-corrected chi connectivity index (χ3v) is 3.98. The molecule has 0 aromatic heterocycles. The van der Waals surface area contributed by atoms with Gasteiger partial charge in [-0.1, -0.05) is 60.7 Å². The highest BCUT2D eigenvalue weighted by Gasteiger charge is 2.21. The Labute approximate surface area is 173 Å². The molecule has 0 aliphatic heterocycles. The van der Waals surface area contributed by atoms with Crippen LogP contribution in [0, 0.1) is 0 Å². The lowest BCUT2D eigenvalue weighted by atomic mass is 10.1. The first-order chi connectivity index (χ1) is 13.5. The topological polar surface area (TPSA) is 92.7 Å². The van der Waals surface area contributed by atoms with Crippen LogP contribution in [-0.2, 0) is 27.4 Å². The number of alkyl halides is 2. The quantitative estimate of drug-likeness (QED) is 0.629. The van der Waals surface area contributed by atoms with Crippen molar-refractivity contribution in [1.29, 1.82) is 0 Å². The number of rotatable bonds is 8. The Morgan fingerprint density at radius 1 is 0.893 bits per heavy atom. The first kappa shape index (κ1) is 23.5. The predicted molar refractivity (Wildman–Crippen MR) is 108 cm³/mol. The highest BCUT2D eigenvalue weighted by molar-refractivity contribution is 6.35. The predicted octanol–water partition coefficient (Wildman–Crippen LogP) is 3.64. The summed E-state index contributed by atoms with van der Waals surface area (Å²) in [6.45, 7) is 0.102. The van der Waals surface area contributed by atoms with Crippen molar-refractivity contribution in [3.8, 4) is 0 Å². The zero-order valence-corrected chi connectivity index (χ0v) is 16.5. The number of halogens is 2. The average molecular weight is 426 g/mol. The van der Waals surface area contributed by atoms with Crippen LogP contribution in [0.2, 0.25) is 0 Å². The van der Waals surface area contributed by atoms with E-state index in [9.17, 15) is 19.5 Å². The molecule has 150 valence electrons. The van der Waals surface area contributed by atoms with Crippen LogP contribution in [0.15, 0.2) is 60.7 Å². The lowest BCUT2D eigenvalue weighted by molar-refractivity contribution is -0.139. The number of carbonyl (C=O) groups excluding carboxylic acids is 2. The van der Waals surface area contributed by atoms with Gasteiger partial charge in [0.05, 0.1) is 11.8 Å². The van der Waals surface area contributed by atoms with Crippen LogP contribution in [0.25, 0.3) is 0 Å². The molecule has 6 nitrogen and oxygen atoms in total. The van der Waals surface area contributed by atoms with E-state index >= 15 is 0 Å². The van der Waals surface area contributed by atoms with Crippen molar-refractivity contribution < 1.29 is 24.2 Å². The minimum Gasteiger partial charge on any atom is -0.480 e. The summed E-state index contributed by atoms with van der Waals surface area (Å²) in [5.74, 6) is -1.16. The maximum Gasteiger partial charge on any atom is 0.408 e. The third kappa shape index (κ3) is 9.94. The Morgan fingerprint density at radius 3 is 1.82 bits per heavy atom. The summed E-state index contributed by atoms with van der Waals surface area (Å²) >= 11 is 10.0. The molecule has 0 aliphatic carbocycles. The second-order valence-corrected chi connectivity index (χ2v) is 6.13. The molecule has 1 amide bonds. The van der Waals surface area contributed by atoms with E-state index in [1.807, 2.05) is 60.7 Å². The molecule has 0 bridgehead atoms. The van der Waals surface area contributed by atoms with E-state index in [1.54, 1.807) is 0 Å². The zero-order valence-electron chi connectivity index (χ0n) is 15.0. The molecule has 0 heterocycles. The van der Waals surface area contributed by atoms with Gasteiger partial charge in [-0.3, -0.25) is 4.79 Å². The fraction of sp³-hybridized carbons (Fsp3) is 0.250. The summed E-state index contributed by atoms with van der Waals surface area (Å²) in [6, 6.07) is 17.3. The molecule has 0 aliphatic rings. The number of nitrogens with one attached hydrogen (secondary N) is 1. The van der Waals surface area contributed by atoms with Gasteiger partial charge in [-0.25, -0.2) is 9.59 Å². The maximum absolute atomic E-state index is 11.7. The normalized spacial score (nSPS) is 10.8. The average Bonchev–Trinajstić information content (AvgIpc) is 2.73. The van der Waals surface area contributed by atoms with E-state index in [2.05, 4.69) is 5.32 Å². The van der Waals surface area contributed by atoms with Gasteiger partial charge < -0.3 is 15.2 Å². The minimum atomic E-state index is -1.10. The van der Waals surface area contributed by atoms with E-state index in [0.717, 1.165) is 11.1 Å². The summed E-state index contributed by atoms with van der Waals surface area (Å²) in [5, 5.41) is 11.6. The molecule has 2 rings (SSSR count). The summed E-state index contributed by atoms with van der Waals surface area (Å²) < 4.78 is 5.03. The van der Waals surface area contributed by atoms with Crippen LogP contribution < -0.4 is 5.32 Å². The van der Waals surface area contributed by atoms with Crippen molar-refractivity contribution in [3.05, 3.63) is 71.8 Å². The number of hydrogen-bond donors (Lipinski definition) is 2. The first-order valence-electron chi connectivity index (χ1n) is 8.33. The maximum atomic E-state index is 11.7. The number of benzene rings is 2. The molecule has 8 heteroatoms. The molecular formula is C20H21Cl2NO5. The number of carboxylic acid groups (broad SMARTS) is 1. The summed E-state index contributed by atoms with van der Waals surface area (Å²) in [7, 11) is 0. The molecule has 2 aromatic carbocycles. The SMILES string of the molecule is O=C(CCl)CCl.O=C(N[C@H](Cc1ccccc1)C(=O)O)OCc1ccccc1. The Balaban J connectivity index is 0.000000568. The fourth-order valence-corrected chi connectivity index (χ4v) is 2.28. The number of amides is 1. The Kier molecular flexibility index (Phi) is 11.4. The van der Waals surface area contributed by atoms with Gasteiger partial charge in [0.25, 0.3) is 0 Å². The highest BCUT2D eigenvalue weighted by atomic mass is 35.5. The number of Topliss-reactive ketones (excluding diaryl/α,β-unsaturated/α-hetero) is 1. The number of ketones is 1. The standard InChI is InChI=1S/C17H17NO4.C3H4Cl2O/c19-16(20)15(11-13-7-3-1-4-8-13)18-17(21)22-12-14-9-5-2-6-10-14;4-1-3(6)2-5/h1-10,15H,11-12H2,(H,18,21)(H,19,20);1-2H2/t15-;/m1./s1. The Bertz CT molecular complexity index is 735. The smallest absolute Gasteiger partial charge is 0.408 e. The number of aliphatic carboxylic acids is 1. The van der Waals surface area contributed by atoms with Crippen LogP contribution in [0.4, 0.5) is 4.79 Å². The van der Waals surface area contributed by atoms with Gasteiger partial charge in [-0.15, -0.1) is 23.2 Å². The summed E-state index contributed by atoms with van der Waals surface area (Å²) in [4.78, 5) is 32.9. The molecule has 0 unspecified atom stereocenters. The van der Waals surface area contributed by atoms with E-state index in [0.29, 0.717) is 0 Å². The monoisotopic (exact) mass is 425 g/mol. The van der Waals surface area contributed by atoms with Gasteiger partial charge in [0.2, 0.25) is 0 Å². The van der Waals surface area contributed by atoms with Crippen molar-refractivity contribution in [2.24, 2.45) is 0 Å². The number of ether oxygens (including phenoxy) is 1. The Hall–Kier alpha value is -2.57. The van der Waals surface area contributed by atoms with Crippen molar-refractivity contribution in [2.75, 3.05) is 11.8 Å². The zero-order chi connectivity index (χ0) is 20.8. The second-order valence-electron chi connectivity index (χ2n) is 5.59. The van der Waals surface area contributed by atoms with Crippen molar-refractivity contribution in [3.63, 3.8) is 0 Å². The highest BCUT2D eigenvalue weighted by Crippen LogP contribution is 2.05. The number of carbonyl (C=O) groups is 3. The van der Waals surface area contributed by atoms with Crippen LogP contribution in [0.3, 0.4) is 0 Å². The molecule has 0 fully saturated rings. The van der Waals surface area contributed by atoms with E-state index in [-0.39, 0.29) is 30.6 Å². The molecule has 28 heavy (non-hydrogen) atoms. The van der Waals surface area contributed by atoms with E-state index < -0.39 is 18.1 Å². The van der Waals surface area contributed by atoms with Crippen LogP contribution in [0.5, 0.6) is 0 Å². The molecule has 0 saturated heterocycles. The summed E-state index contributed by atoms with van der Waals surface area (Å²) in [6.07, 6.45) is -0.538. The number of hydrogen-bond acceptors (Lipinski definition) is 4. The van der Waals surface area contributed by atoms with Crippen LogP contribution in [0.1, 0.15) is 11.1 Å². The van der Waals surface area contributed by atoms with E-state index in [4.69, 9.17) is 27.9 Å². The van der Waals surface area contributed by atoms with Gasteiger partial charge in [0.1, 0.15) is 12.6 Å². The second kappa shape index (κ2) is 13.6. The molecule has 0 spiro atoms. The van der Waals surface area contributed by atoms with Gasteiger partial charge in [-0.2, -0.15) is 0 Å². The molecule has 0 radical (unpaired) electrons. The molecule has 0 saturated carbocycles. The van der Waals surface area contributed by atoms with Gasteiger partial charge >= 0.3 is 12.1 Å². The summed E-state index contributed by atoms with van der Waals surface area (Å²) in [5.41, 5.74) is 1.67. The van der Waals surface area contributed by atoms with Gasteiger partial charge in [0.15, 0.2) is 5.78 Å². The Morgan fingerprint density at radius 2 is 1.39 bits per heavy atom. The van der Waals surface area contributed by atoms with Crippen LogP contribution in [-0.4, -0.2) is 40.8 Å². The lowest BCUT2D eigenvalue weighted by Crippen LogP contribution is -2.42. The van der Waals surface area contributed by atoms with Gasteiger partial charge in [-0.05, 0) is 11.1 Å². The first-order valence-corrected chi connectivity index (χ1v) is 9.40. The third-order valence-electron chi connectivity index (χ3n) is 3.38.